The molecular weight excluding hydrogens is 406 g/mol. The van der Waals surface area contributed by atoms with Gasteiger partial charge in [-0.05, 0) is 30.2 Å². The average Bonchev–Trinajstić information content (AvgIpc) is 3.45. The molecule has 1 fully saturated rings. The second-order valence-electron chi connectivity index (χ2n) is 7.84. The molecule has 5 rings (SSSR count). The lowest BCUT2D eigenvalue weighted by atomic mass is 10.1. The molecule has 1 aliphatic rings. The van der Waals surface area contributed by atoms with Crippen molar-refractivity contribution in [1.29, 1.82) is 0 Å². The van der Waals surface area contributed by atoms with E-state index in [1.54, 1.807) is 19.4 Å². The van der Waals surface area contributed by atoms with E-state index in [9.17, 15) is 9.90 Å². The maximum atomic E-state index is 12.6. The lowest BCUT2D eigenvalue weighted by Crippen LogP contribution is -2.35. The lowest BCUT2D eigenvalue weighted by Gasteiger charge is -2.13. The number of carbonyl (C=O) groups excluding carboxylic acids is 1. The number of carbonyl (C=O) groups is 1. The number of pyridine rings is 1. The molecule has 2 aromatic heterocycles. The van der Waals surface area contributed by atoms with Gasteiger partial charge in [0.1, 0.15) is 17.0 Å². The minimum Gasteiger partial charge on any atom is -0.497 e. The van der Waals surface area contributed by atoms with Crippen LogP contribution in [-0.4, -0.2) is 41.8 Å². The number of β-amino-alcohol motifs (C(OH)–C–C–N with tert-alkyl or cyclic N) is 1. The van der Waals surface area contributed by atoms with Crippen LogP contribution in [0.1, 0.15) is 6.42 Å². The van der Waals surface area contributed by atoms with Gasteiger partial charge in [0.25, 0.3) is 0 Å². The number of rotatable bonds is 5. The summed E-state index contributed by atoms with van der Waals surface area (Å²) in [7, 11) is 1.58. The molecule has 1 aliphatic heterocycles. The summed E-state index contributed by atoms with van der Waals surface area (Å²) in [5.74, 6) is 1.02. The second-order valence-corrected chi connectivity index (χ2v) is 7.84. The van der Waals surface area contributed by atoms with Gasteiger partial charge in [0.2, 0.25) is 5.91 Å². The van der Waals surface area contributed by atoms with Gasteiger partial charge in [-0.3, -0.25) is 9.78 Å². The fourth-order valence-electron chi connectivity index (χ4n) is 4.00. The van der Waals surface area contributed by atoms with Crippen LogP contribution in [0.3, 0.4) is 0 Å². The molecule has 7 nitrogen and oxygen atoms in total. The van der Waals surface area contributed by atoms with Crippen LogP contribution in [0, 0.1) is 0 Å². The fraction of sp³-hybridized carbons (Fsp3) is 0.200. The van der Waals surface area contributed by atoms with E-state index in [4.69, 9.17) is 9.15 Å². The molecule has 2 aromatic carbocycles. The summed E-state index contributed by atoms with van der Waals surface area (Å²) in [5.41, 5.74) is 4.81. The highest BCUT2D eigenvalue weighted by atomic mass is 16.5. The van der Waals surface area contributed by atoms with Crippen molar-refractivity contribution in [3.63, 3.8) is 0 Å². The second kappa shape index (κ2) is 8.45. The number of aromatic nitrogens is 1. The molecule has 0 bridgehead atoms. The topological polar surface area (TPSA) is 96.6 Å². The fourth-order valence-corrected chi connectivity index (χ4v) is 4.00. The zero-order valence-corrected chi connectivity index (χ0v) is 17.5. The van der Waals surface area contributed by atoms with E-state index >= 15 is 0 Å². The summed E-state index contributed by atoms with van der Waals surface area (Å²) in [6.45, 7) is 0.414. The van der Waals surface area contributed by atoms with Crippen molar-refractivity contribution in [1.82, 2.24) is 10.3 Å². The molecule has 0 saturated carbocycles. The molecule has 1 amide bonds. The van der Waals surface area contributed by atoms with Crippen molar-refractivity contribution in [2.24, 2.45) is 0 Å². The molecule has 3 heterocycles. The average molecular weight is 429 g/mol. The molecule has 3 N–H and O–H groups in total. The van der Waals surface area contributed by atoms with Crippen LogP contribution in [-0.2, 0) is 4.79 Å². The quantitative estimate of drug-likeness (QED) is 0.446. The Labute approximate surface area is 185 Å². The van der Waals surface area contributed by atoms with E-state index < -0.39 is 12.1 Å². The number of aliphatic hydroxyl groups excluding tert-OH is 1. The number of ether oxygens (including phenoxy) is 1. The minimum atomic E-state index is -0.506. The number of aliphatic hydroxyl groups is 1. The molecule has 2 atom stereocenters. The highest BCUT2D eigenvalue weighted by Crippen LogP contribution is 2.36. The van der Waals surface area contributed by atoms with Crippen molar-refractivity contribution in [3.8, 4) is 28.2 Å². The molecular formula is C25H23N3O4. The van der Waals surface area contributed by atoms with Crippen LogP contribution in [0.15, 0.2) is 71.3 Å². The zero-order valence-electron chi connectivity index (χ0n) is 17.5. The summed E-state index contributed by atoms with van der Waals surface area (Å²) < 4.78 is 11.7. The molecule has 4 aromatic rings. The Kier molecular flexibility index (Phi) is 5.34. The Morgan fingerprint density at radius 1 is 1.16 bits per heavy atom. The van der Waals surface area contributed by atoms with Gasteiger partial charge >= 0.3 is 0 Å². The Bertz CT molecular complexity index is 1270. The lowest BCUT2D eigenvalue weighted by molar-refractivity contribution is -0.117. The summed E-state index contributed by atoms with van der Waals surface area (Å²) >= 11 is 0. The van der Waals surface area contributed by atoms with Crippen LogP contribution in [0.2, 0.25) is 0 Å². The number of benzene rings is 2. The highest BCUT2D eigenvalue weighted by Gasteiger charge is 2.28. The minimum absolute atomic E-state index is 0.196. The van der Waals surface area contributed by atoms with Gasteiger partial charge in [-0.1, -0.05) is 30.3 Å². The van der Waals surface area contributed by atoms with Crippen LogP contribution >= 0.6 is 0 Å². The Morgan fingerprint density at radius 2 is 2.00 bits per heavy atom. The largest absolute Gasteiger partial charge is 0.497 e. The van der Waals surface area contributed by atoms with Gasteiger partial charge in [0.05, 0.1) is 19.3 Å². The normalized spacial score (nSPS) is 18.1. The van der Waals surface area contributed by atoms with Gasteiger partial charge in [0.15, 0.2) is 5.58 Å². The van der Waals surface area contributed by atoms with Crippen molar-refractivity contribution in [2.75, 3.05) is 19.0 Å². The summed E-state index contributed by atoms with van der Waals surface area (Å²) in [4.78, 5) is 17.1. The molecule has 1 saturated heterocycles. The van der Waals surface area contributed by atoms with Gasteiger partial charge in [0, 0.05) is 41.7 Å². The third kappa shape index (κ3) is 3.95. The maximum Gasteiger partial charge on any atom is 0.241 e. The van der Waals surface area contributed by atoms with E-state index in [2.05, 4.69) is 15.6 Å². The SMILES string of the molecule is COc1cc(NC(=O)[C@@H]2C[C@@H](O)CN2)cc(-c2cc3nccc(-c4ccccc4)c3o2)c1. The monoisotopic (exact) mass is 429 g/mol. The van der Waals surface area contributed by atoms with Gasteiger partial charge in [-0.15, -0.1) is 0 Å². The van der Waals surface area contributed by atoms with Crippen LogP contribution in [0.4, 0.5) is 5.69 Å². The summed E-state index contributed by atoms with van der Waals surface area (Å²) in [6.07, 6.45) is 1.65. The van der Waals surface area contributed by atoms with E-state index in [0.717, 1.165) is 22.2 Å². The number of amides is 1. The number of furan rings is 1. The Morgan fingerprint density at radius 3 is 2.75 bits per heavy atom. The third-order valence-electron chi connectivity index (χ3n) is 5.62. The third-order valence-corrected chi connectivity index (χ3v) is 5.62. The number of anilines is 1. The van der Waals surface area contributed by atoms with Crippen LogP contribution in [0.5, 0.6) is 5.75 Å². The number of methoxy groups -OCH3 is 1. The molecule has 32 heavy (non-hydrogen) atoms. The van der Waals surface area contributed by atoms with Crippen LogP contribution in [0.25, 0.3) is 33.6 Å². The van der Waals surface area contributed by atoms with Crippen molar-refractivity contribution >= 4 is 22.7 Å². The van der Waals surface area contributed by atoms with E-state index in [-0.39, 0.29) is 5.91 Å². The Hall–Kier alpha value is -3.68. The first-order chi connectivity index (χ1) is 15.6. The van der Waals surface area contributed by atoms with Crippen molar-refractivity contribution in [2.45, 2.75) is 18.6 Å². The van der Waals surface area contributed by atoms with Gasteiger partial charge in [-0.2, -0.15) is 0 Å². The Balaban J connectivity index is 1.50. The van der Waals surface area contributed by atoms with Gasteiger partial charge < -0.3 is 24.9 Å². The molecule has 0 radical (unpaired) electrons. The zero-order chi connectivity index (χ0) is 22.1. The van der Waals surface area contributed by atoms with E-state index in [1.807, 2.05) is 54.6 Å². The summed E-state index contributed by atoms with van der Waals surface area (Å²) in [5, 5.41) is 15.6. The first kappa shape index (κ1) is 20.2. The van der Waals surface area contributed by atoms with E-state index in [0.29, 0.717) is 35.7 Å². The predicted molar refractivity (Wildman–Crippen MR) is 122 cm³/mol. The highest BCUT2D eigenvalue weighted by molar-refractivity contribution is 5.96. The predicted octanol–water partition coefficient (Wildman–Crippen LogP) is 3.83. The van der Waals surface area contributed by atoms with Crippen molar-refractivity contribution < 1.29 is 19.1 Å². The standard InChI is InChI=1S/C25H23N3O4/c1-31-19-10-16(9-17(11-19)28-25(30)22-12-18(29)14-27-22)23-13-21-24(32-23)20(7-8-26-21)15-5-3-2-4-6-15/h2-11,13,18,22,27,29H,12,14H2,1H3,(H,28,30)/t18-,22+/m1/s1. The molecule has 0 unspecified atom stereocenters. The first-order valence-corrected chi connectivity index (χ1v) is 10.5. The number of nitrogens with one attached hydrogen (secondary N) is 2. The van der Waals surface area contributed by atoms with Gasteiger partial charge in [-0.25, -0.2) is 0 Å². The molecule has 162 valence electrons. The first-order valence-electron chi connectivity index (χ1n) is 10.5. The number of hydrogen-bond acceptors (Lipinski definition) is 6. The van der Waals surface area contributed by atoms with Crippen LogP contribution < -0.4 is 15.4 Å². The van der Waals surface area contributed by atoms with E-state index in [1.165, 1.54) is 0 Å². The molecule has 7 heteroatoms. The van der Waals surface area contributed by atoms with Crippen molar-refractivity contribution in [3.05, 3.63) is 66.9 Å². The number of hydrogen-bond donors (Lipinski definition) is 3. The smallest absolute Gasteiger partial charge is 0.241 e. The maximum absolute atomic E-state index is 12.6. The molecule has 0 spiro atoms. The summed E-state index contributed by atoms with van der Waals surface area (Å²) in [6, 6.07) is 18.9. The number of fused-ring (bicyclic) bond motifs is 1. The number of nitrogens with zero attached hydrogens (tertiary/aromatic N) is 1. The molecule has 0 aliphatic carbocycles.